The third kappa shape index (κ3) is 3.85. The van der Waals surface area contributed by atoms with Crippen LogP contribution in [-0.4, -0.2) is 25.7 Å². The minimum atomic E-state index is -3.11. The summed E-state index contributed by atoms with van der Waals surface area (Å²) in [5, 5.41) is 0. The molecule has 0 saturated carbocycles. The summed E-state index contributed by atoms with van der Waals surface area (Å²) in [6.45, 7) is 3.43. The van der Waals surface area contributed by atoms with E-state index in [4.69, 9.17) is 5.73 Å². The number of aryl methyl sites for hydroxylation is 1. The van der Waals surface area contributed by atoms with Crippen molar-refractivity contribution in [2.75, 3.05) is 17.2 Å². The second kappa shape index (κ2) is 5.31. The average molecular weight is 255 g/mol. The van der Waals surface area contributed by atoms with Crippen molar-refractivity contribution in [3.63, 3.8) is 0 Å². The Bertz CT molecular complexity index is 521. The summed E-state index contributed by atoms with van der Waals surface area (Å²) in [5.41, 5.74) is 7.43. The number of hydrogen-bond acceptors (Lipinski definition) is 4. The van der Waals surface area contributed by atoms with Gasteiger partial charge in [-0.15, -0.1) is 0 Å². The molecule has 0 aromatic heterocycles. The first kappa shape index (κ1) is 13.7. The van der Waals surface area contributed by atoms with Crippen LogP contribution in [0.1, 0.15) is 29.3 Å². The number of nitrogens with two attached hydrogens (primary N) is 1. The normalized spacial score (nSPS) is 11.4. The summed E-state index contributed by atoms with van der Waals surface area (Å²) in [6.07, 6.45) is -0.0101. The quantitative estimate of drug-likeness (QED) is 0.640. The lowest BCUT2D eigenvalue weighted by Gasteiger charge is -2.06. The number of rotatable bonds is 5. The summed E-state index contributed by atoms with van der Waals surface area (Å²) in [7, 11) is -3.11. The predicted molar refractivity (Wildman–Crippen MR) is 68.9 cm³/mol. The van der Waals surface area contributed by atoms with Gasteiger partial charge in [-0.05, 0) is 19.1 Å². The monoisotopic (exact) mass is 255 g/mol. The summed E-state index contributed by atoms with van der Waals surface area (Å²) >= 11 is 0. The van der Waals surface area contributed by atoms with Crippen LogP contribution < -0.4 is 5.73 Å². The fourth-order valence-electron chi connectivity index (χ4n) is 1.44. The van der Waals surface area contributed by atoms with Crippen molar-refractivity contribution in [3.05, 3.63) is 29.3 Å². The zero-order chi connectivity index (χ0) is 13.1. The van der Waals surface area contributed by atoms with Crippen LogP contribution in [0.4, 0.5) is 5.69 Å². The Morgan fingerprint density at radius 2 is 2.00 bits per heavy atom. The molecule has 0 bridgehead atoms. The average Bonchev–Trinajstić information content (AvgIpc) is 2.29. The highest BCUT2D eigenvalue weighted by molar-refractivity contribution is 7.91. The molecule has 0 unspecified atom stereocenters. The molecule has 0 atom stereocenters. The predicted octanol–water partition coefficient (Wildman–Crippen LogP) is 1.58. The van der Waals surface area contributed by atoms with Gasteiger partial charge in [0.05, 0.1) is 5.75 Å². The molecule has 5 heteroatoms. The van der Waals surface area contributed by atoms with Crippen molar-refractivity contribution in [1.82, 2.24) is 0 Å². The summed E-state index contributed by atoms with van der Waals surface area (Å²) in [6, 6.07) is 5.17. The Morgan fingerprint density at radius 3 is 2.59 bits per heavy atom. The first-order valence-electron chi connectivity index (χ1n) is 5.45. The van der Waals surface area contributed by atoms with Crippen molar-refractivity contribution in [3.8, 4) is 0 Å². The van der Waals surface area contributed by atoms with E-state index < -0.39 is 9.84 Å². The zero-order valence-corrected chi connectivity index (χ0v) is 10.9. The van der Waals surface area contributed by atoms with Gasteiger partial charge in [-0.1, -0.05) is 18.6 Å². The molecule has 0 amide bonds. The molecule has 0 heterocycles. The lowest BCUT2D eigenvalue weighted by molar-refractivity contribution is 0.0989. The molecule has 1 rings (SSSR count). The molecule has 0 radical (unpaired) electrons. The van der Waals surface area contributed by atoms with E-state index in [0.717, 1.165) is 5.56 Å². The first-order chi connectivity index (χ1) is 7.85. The highest BCUT2D eigenvalue weighted by Crippen LogP contribution is 2.16. The van der Waals surface area contributed by atoms with Gasteiger partial charge in [-0.2, -0.15) is 0 Å². The number of carbonyl (C=O) groups is 1. The first-order valence-corrected chi connectivity index (χ1v) is 7.27. The fraction of sp³-hybridized carbons (Fsp3) is 0.417. The molecule has 0 spiro atoms. The maximum absolute atomic E-state index is 11.8. The van der Waals surface area contributed by atoms with E-state index >= 15 is 0 Å². The number of hydrogen-bond donors (Lipinski definition) is 1. The molecule has 1 aromatic rings. The lowest BCUT2D eigenvalue weighted by Crippen LogP contribution is -2.14. The Kier molecular flexibility index (Phi) is 4.28. The number of anilines is 1. The Labute approximate surface area is 102 Å². The van der Waals surface area contributed by atoms with Crippen molar-refractivity contribution in [2.45, 2.75) is 20.3 Å². The third-order valence-corrected chi connectivity index (χ3v) is 4.29. The maximum atomic E-state index is 11.8. The molecule has 0 aliphatic carbocycles. The summed E-state index contributed by atoms with van der Waals surface area (Å²) in [4.78, 5) is 11.8. The molecule has 0 saturated heterocycles. The van der Waals surface area contributed by atoms with E-state index in [0.29, 0.717) is 11.3 Å². The molecule has 1 aromatic carbocycles. The van der Waals surface area contributed by atoms with E-state index in [1.165, 1.54) is 0 Å². The third-order valence-electron chi connectivity index (χ3n) is 2.59. The van der Waals surface area contributed by atoms with Crippen molar-refractivity contribution in [1.29, 1.82) is 0 Å². The van der Waals surface area contributed by atoms with Crippen LogP contribution in [0, 0.1) is 6.92 Å². The largest absolute Gasteiger partial charge is 0.398 e. The van der Waals surface area contributed by atoms with Crippen LogP contribution in [0.2, 0.25) is 0 Å². The molecular formula is C12H17NO3S. The van der Waals surface area contributed by atoms with Crippen LogP contribution >= 0.6 is 0 Å². The Morgan fingerprint density at radius 1 is 1.35 bits per heavy atom. The smallest absolute Gasteiger partial charge is 0.165 e. The Hall–Kier alpha value is -1.36. The molecule has 17 heavy (non-hydrogen) atoms. The van der Waals surface area contributed by atoms with Gasteiger partial charge in [-0.3, -0.25) is 4.79 Å². The Balaban J connectivity index is 2.81. The molecule has 0 fully saturated rings. The van der Waals surface area contributed by atoms with Crippen LogP contribution in [0.3, 0.4) is 0 Å². The van der Waals surface area contributed by atoms with Crippen LogP contribution in [0.25, 0.3) is 0 Å². The van der Waals surface area contributed by atoms with Crippen molar-refractivity contribution >= 4 is 21.3 Å². The molecule has 4 nitrogen and oxygen atoms in total. The van der Waals surface area contributed by atoms with Crippen LogP contribution in [0.5, 0.6) is 0 Å². The van der Waals surface area contributed by atoms with Gasteiger partial charge in [0.25, 0.3) is 0 Å². The summed E-state index contributed by atoms with van der Waals surface area (Å²) in [5.74, 6) is -0.275. The van der Waals surface area contributed by atoms with E-state index in [1.807, 2.05) is 13.0 Å². The minimum absolute atomic E-state index is 0.0101. The maximum Gasteiger partial charge on any atom is 0.165 e. The van der Waals surface area contributed by atoms with Gasteiger partial charge in [0, 0.05) is 23.4 Å². The number of sulfone groups is 1. The second-order valence-electron chi connectivity index (χ2n) is 4.00. The van der Waals surface area contributed by atoms with Crippen molar-refractivity contribution < 1.29 is 13.2 Å². The van der Waals surface area contributed by atoms with Gasteiger partial charge in [0.15, 0.2) is 5.78 Å². The standard InChI is InChI=1S/C12H17NO3S/c1-3-17(15,16)7-6-12(14)10-8-9(2)4-5-11(10)13/h4-5,8H,3,6-7,13H2,1-2H3. The number of benzene rings is 1. The molecule has 0 aliphatic heterocycles. The molecular weight excluding hydrogens is 238 g/mol. The highest BCUT2D eigenvalue weighted by Gasteiger charge is 2.14. The topological polar surface area (TPSA) is 77.2 Å². The highest BCUT2D eigenvalue weighted by atomic mass is 32.2. The van der Waals surface area contributed by atoms with E-state index in [2.05, 4.69) is 0 Å². The van der Waals surface area contributed by atoms with E-state index in [9.17, 15) is 13.2 Å². The minimum Gasteiger partial charge on any atom is -0.398 e. The fourth-order valence-corrected chi connectivity index (χ4v) is 2.22. The zero-order valence-electron chi connectivity index (χ0n) is 10.1. The van der Waals surface area contributed by atoms with Gasteiger partial charge in [-0.25, -0.2) is 8.42 Å². The van der Waals surface area contributed by atoms with Crippen LogP contribution in [-0.2, 0) is 9.84 Å². The summed E-state index contributed by atoms with van der Waals surface area (Å²) < 4.78 is 22.6. The van der Waals surface area contributed by atoms with E-state index in [-0.39, 0.29) is 23.7 Å². The lowest BCUT2D eigenvalue weighted by atomic mass is 10.0. The van der Waals surface area contributed by atoms with Crippen LogP contribution in [0.15, 0.2) is 18.2 Å². The number of ketones is 1. The van der Waals surface area contributed by atoms with Gasteiger partial charge in [0.2, 0.25) is 0 Å². The van der Waals surface area contributed by atoms with Gasteiger partial charge < -0.3 is 5.73 Å². The van der Waals surface area contributed by atoms with Gasteiger partial charge >= 0.3 is 0 Å². The van der Waals surface area contributed by atoms with Gasteiger partial charge in [0.1, 0.15) is 9.84 Å². The van der Waals surface area contributed by atoms with E-state index in [1.54, 1.807) is 19.1 Å². The molecule has 2 N–H and O–H groups in total. The molecule has 94 valence electrons. The SMILES string of the molecule is CCS(=O)(=O)CCC(=O)c1cc(C)ccc1N. The number of Topliss-reactive ketones (excluding diaryl/α,β-unsaturated/α-hetero) is 1. The number of carbonyl (C=O) groups excluding carboxylic acids is 1. The number of nitrogen functional groups attached to an aromatic ring is 1. The second-order valence-corrected chi connectivity index (χ2v) is 6.47. The van der Waals surface area contributed by atoms with Crippen molar-refractivity contribution in [2.24, 2.45) is 0 Å². The molecule has 0 aliphatic rings.